The third kappa shape index (κ3) is 2.55. The summed E-state index contributed by atoms with van der Waals surface area (Å²) >= 11 is 0. The van der Waals surface area contributed by atoms with E-state index < -0.39 is 10.5 Å². The van der Waals surface area contributed by atoms with Crippen molar-refractivity contribution in [3.63, 3.8) is 0 Å². The highest BCUT2D eigenvalue weighted by Crippen LogP contribution is 2.27. The number of nitro groups is 1. The number of aryl methyl sites for hydroxylation is 1. The van der Waals surface area contributed by atoms with Crippen molar-refractivity contribution in [1.82, 2.24) is 9.78 Å². The van der Waals surface area contributed by atoms with Crippen LogP contribution in [-0.4, -0.2) is 19.8 Å². The Morgan fingerprint density at radius 2 is 1.95 bits per heavy atom. The molecular weight excluding hydrogens is 258 g/mol. The average molecular weight is 275 g/mol. The number of aliphatic hydroxyl groups is 1. The lowest BCUT2D eigenvalue weighted by atomic mass is 9.96. The Balaban J connectivity index is 2.35. The largest absolute Gasteiger partial charge is 0.384 e. The van der Waals surface area contributed by atoms with Gasteiger partial charge in [0.15, 0.2) is 0 Å². The zero-order valence-electron chi connectivity index (χ0n) is 11.7. The number of aromatic nitrogens is 2. The molecule has 0 saturated heterocycles. The quantitative estimate of drug-likeness (QED) is 0.685. The maximum absolute atomic E-state index is 11.0. The van der Waals surface area contributed by atoms with Gasteiger partial charge in [-0.25, -0.2) is 0 Å². The molecule has 1 aromatic heterocycles. The topological polar surface area (TPSA) is 81.2 Å². The zero-order chi connectivity index (χ0) is 14.9. The fourth-order valence-electron chi connectivity index (χ4n) is 2.29. The second-order valence-electron chi connectivity index (χ2n) is 5.07. The monoisotopic (exact) mass is 275 g/mol. The van der Waals surface area contributed by atoms with Crippen LogP contribution >= 0.6 is 0 Å². The number of nitrogens with zero attached hydrogens (tertiary/aromatic N) is 3. The minimum Gasteiger partial charge on any atom is -0.384 e. The Kier molecular flexibility index (Phi) is 3.59. The molecule has 1 N–H and O–H groups in total. The maximum Gasteiger partial charge on any atom is 0.312 e. The second kappa shape index (κ2) is 5.05. The van der Waals surface area contributed by atoms with E-state index in [2.05, 4.69) is 5.10 Å². The summed E-state index contributed by atoms with van der Waals surface area (Å²) in [7, 11) is 0. The molecule has 2 aromatic rings. The minimum absolute atomic E-state index is 0.00821. The van der Waals surface area contributed by atoms with E-state index >= 15 is 0 Å². The molecule has 0 fully saturated rings. The third-order valence-corrected chi connectivity index (χ3v) is 3.38. The first-order valence-electron chi connectivity index (χ1n) is 6.29. The first-order chi connectivity index (χ1) is 9.33. The molecule has 1 heterocycles. The van der Waals surface area contributed by atoms with Gasteiger partial charge in [-0.1, -0.05) is 30.3 Å². The fourth-order valence-corrected chi connectivity index (χ4v) is 2.29. The predicted octanol–water partition coefficient (Wildman–Crippen LogP) is 2.32. The summed E-state index contributed by atoms with van der Waals surface area (Å²) in [4.78, 5) is 10.5. The Morgan fingerprint density at radius 3 is 2.45 bits per heavy atom. The van der Waals surface area contributed by atoms with Gasteiger partial charge in [0, 0.05) is 0 Å². The van der Waals surface area contributed by atoms with Gasteiger partial charge in [0.1, 0.15) is 17.0 Å². The fraction of sp³-hybridized carbons (Fsp3) is 0.357. The van der Waals surface area contributed by atoms with E-state index in [4.69, 9.17) is 0 Å². The molecule has 0 aliphatic heterocycles. The first-order valence-corrected chi connectivity index (χ1v) is 6.29. The molecule has 1 unspecified atom stereocenters. The van der Waals surface area contributed by atoms with Crippen molar-refractivity contribution in [1.29, 1.82) is 0 Å². The third-order valence-electron chi connectivity index (χ3n) is 3.38. The van der Waals surface area contributed by atoms with E-state index in [1.165, 1.54) is 4.68 Å². The summed E-state index contributed by atoms with van der Waals surface area (Å²) in [5, 5.41) is 25.7. The van der Waals surface area contributed by atoms with Gasteiger partial charge in [-0.3, -0.25) is 14.8 Å². The molecule has 6 nitrogen and oxygen atoms in total. The maximum atomic E-state index is 11.0. The van der Waals surface area contributed by atoms with Crippen molar-refractivity contribution in [2.75, 3.05) is 0 Å². The molecule has 0 radical (unpaired) electrons. The summed E-state index contributed by atoms with van der Waals surface area (Å²) in [6.07, 6.45) is 0. The van der Waals surface area contributed by atoms with Crippen LogP contribution in [0.1, 0.15) is 23.9 Å². The van der Waals surface area contributed by atoms with E-state index in [1.54, 1.807) is 20.8 Å². The SMILES string of the molecule is Cc1nn(CC(C)(O)c2ccccc2)c(C)c1[N+](=O)[O-]. The molecule has 0 amide bonds. The molecular formula is C14H17N3O3. The van der Waals surface area contributed by atoms with Crippen molar-refractivity contribution >= 4 is 5.69 Å². The number of hydrogen-bond acceptors (Lipinski definition) is 4. The van der Waals surface area contributed by atoms with Crippen molar-refractivity contribution in [3.8, 4) is 0 Å². The Morgan fingerprint density at radius 1 is 1.35 bits per heavy atom. The molecule has 1 aromatic carbocycles. The van der Waals surface area contributed by atoms with Crippen molar-refractivity contribution in [3.05, 3.63) is 57.4 Å². The molecule has 20 heavy (non-hydrogen) atoms. The van der Waals surface area contributed by atoms with E-state index in [0.29, 0.717) is 11.4 Å². The van der Waals surface area contributed by atoms with Gasteiger partial charge in [-0.05, 0) is 26.3 Å². The van der Waals surface area contributed by atoms with Crippen molar-refractivity contribution in [2.24, 2.45) is 0 Å². The highest BCUT2D eigenvalue weighted by atomic mass is 16.6. The summed E-state index contributed by atoms with van der Waals surface area (Å²) < 4.78 is 1.49. The van der Waals surface area contributed by atoms with Gasteiger partial charge >= 0.3 is 5.69 Å². The van der Waals surface area contributed by atoms with Gasteiger partial charge in [0.05, 0.1) is 11.5 Å². The van der Waals surface area contributed by atoms with Crippen LogP contribution < -0.4 is 0 Å². The highest BCUT2D eigenvalue weighted by molar-refractivity contribution is 5.39. The summed E-state index contributed by atoms with van der Waals surface area (Å²) in [6.45, 7) is 5.07. The van der Waals surface area contributed by atoms with Gasteiger partial charge in [0.2, 0.25) is 0 Å². The van der Waals surface area contributed by atoms with Gasteiger partial charge < -0.3 is 5.11 Å². The smallest absolute Gasteiger partial charge is 0.312 e. The average Bonchev–Trinajstić information content (AvgIpc) is 2.64. The molecule has 0 aliphatic rings. The van der Waals surface area contributed by atoms with Crippen molar-refractivity contribution in [2.45, 2.75) is 32.9 Å². The first kappa shape index (κ1) is 14.2. The lowest BCUT2D eigenvalue weighted by molar-refractivity contribution is -0.386. The van der Waals surface area contributed by atoms with E-state index in [0.717, 1.165) is 5.56 Å². The summed E-state index contributed by atoms with van der Waals surface area (Å²) in [5.74, 6) is 0. The normalized spacial score (nSPS) is 14.0. The van der Waals surface area contributed by atoms with E-state index in [-0.39, 0.29) is 12.2 Å². The van der Waals surface area contributed by atoms with Gasteiger partial charge in [0.25, 0.3) is 0 Å². The standard InChI is InChI=1S/C14H17N3O3/c1-10-13(17(19)20)11(2)16(15-10)9-14(3,18)12-7-5-4-6-8-12/h4-8,18H,9H2,1-3H3. The molecule has 2 rings (SSSR count). The molecule has 0 spiro atoms. The molecule has 6 heteroatoms. The molecule has 0 aliphatic carbocycles. The van der Waals surface area contributed by atoms with Crippen LogP contribution in [0.4, 0.5) is 5.69 Å². The molecule has 106 valence electrons. The van der Waals surface area contributed by atoms with Gasteiger partial charge in [-0.2, -0.15) is 5.10 Å². The van der Waals surface area contributed by atoms with E-state index in [1.807, 2.05) is 30.3 Å². The number of rotatable bonds is 4. The number of benzene rings is 1. The predicted molar refractivity (Wildman–Crippen MR) is 74.4 cm³/mol. The summed E-state index contributed by atoms with van der Waals surface area (Å²) in [6, 6.07) is 9.19. The van der Waals surface area contributed by atoms with Crippen LogP contribution in [0, 0.1) is 24.0 Å². The Hall–Kier alpha value is -2.21. The molecule has 1 atom stereocenters. The Bertz CT molecular complexity index is 633. The Labute approximate surface area is 116 Å². The van der Waals surface area contributed by atoms with Crippen LogP contribution in [0.2, 0.25) is 0 Å². The lowest BCUT2D eigenvalue weighted by Crippen LogP contribution is -2.28. The van der Waals surface area contributed by atoms with Gasteiger partial charge in [-0.15, -0.1) is 0 Å². The van der Waals surface area contributed by atoms with Crippen LogP contribution in [0.25, 0.3) is 0 Å². The molecule has 0 saturated carbocycles. The van der Waals surface area contributed by atoms with Crippen LogP contribution in [0.5, 0.6) is 0 Å². The van der Waals surface area contributed by atoms with Crippen LogP contribution in [-0.2, 0) is 12.1 Å². The van der Waals surface area contributed by atoms with Crippen LogP contribution in [0.15, 0.2) is 30.3 Å². The molecule has 0 bridgehead atoms. The lowest BCUT2D eigenvalue weighted by Gasteiger charge is -2.24. The van der Waals surface area contributed by atoms with E-state index in [9.17, 15) is 15.2 Å². The van der Waals surface area contributed by atoms with Crippen molar-refractivity contribution < 1.29 is 10.0 Å². The second-order valence-corrected chi connectivity index (χ2v) is 5.07. The van der Waals surface area contributed by atoms with Crippen LogP contribution in [0.3, 0.4) is 0 Å². The minimum atomic E-state index is -1.14. The zero-order valence-corrected chi connectivity index (χ0v) is 11.7. The number of hydrogen-bond donors (Lipinski definition) is 1. The summed E-state index contributed by atoms with van der Waals surface area (Å²) in [5.41, 5.74) is 0.419. The highest BCUT2D eigenvalue weighted by Gasteiger charge is 2.28.